The summed E-state index contributed by atoms with van der Waals surface area (Å²) in [5, 5.41) is 9.93. The van der Waals surface area contributed by atoms with Gasteiger partial charge in [-0.3, -0.25) is 0 Å². The maximum absolute atomic E-state index is 8.94. The van der Waals surface area contributed by atoms with E-state index in [1.165, 1.54) is 0 Å². The van der Waals surface area contributed by atoms with Crippen molar-refractivity contribution in [3.8, 4) is 0 Å². The van der Waals surface area contributed by atoms with Crippen LogP contribution in [-0.4, -0.2) is 28.4 Å². The van der Waals surface area contributed by atoms with E-state index in [0.29, 0.717) is 29.6 Å². The van der Waals surface area contributed by atoms with Gasteiger partial charge in [0.15, 0.2) is 0 Å². The van der Waals surface area contributed by atoms with Crippen molar-refractivity contribution in [1.82, 2.24) is 9.55 Å². The average molecular weight is 289 g/mol. The smallest absolute Gasteiger partial charge is 0.135 e. The number of aliphatic hydroxyl groups excluding tert-OH is 1. The Morgan fingerprint density at radius 1 is 1.33 bits per heavy atom. The summed E-state index contributed by atoms with van der Waals surface area (Å²) in [7, 11) is 1.62. The predicted octanol–water partition coefficient (Wildman–Crippen LogP) is 2.87. The minimum absolute atomic E-state index is 0.132. The molecule has 98 valence electrons. The van der Waals surface area contributed by atoms with Crippen LogP contribution in [0.4, 0.5) is 0 Å². The predicted molar refractivity (Wildman–Crippen MR) is 72.2 cm³/mol. The number of halogens is 2. The molecule has 1 aromatic heterocycles. The lowest BCUT2D eigenvalue weighted by molar-refractivity contribution is 0.173. The van der Waals surface area contributed by atoms with E-state index in [2.05, 4.69) is 4.98 Å². The second kappa shape index (κ2) is 5.89. The van der Waals surface area contributed by atoms with E-state index in [0.717, 1.165) is 16.9 Å². The Kier molecular flexibility index (Phi) is 4.45. The molecule has 2 aromatic rings. The van der Waals surface area contributed by atoms with Gasteiger partial charge >= 0.3 is 0 Å². The Hall–Kier alpha value is -0.810. The normalized spacial score (nSPS) is 11.3. The molecule has 1 N–H and O–H groups in total. The number of nitrogens with zero attached hydrogens (tertiary/aromatic N) is 2. The van der Waals surface area contributed by atoms with E-state index in [9.17, 15) is 0 Å². The molecule has 1 heterocycles. The van der Waals surface area contributed by atoms with Crippen molar-refractivity contribution >= 4 is 34.2 Å². The lowest BCUT2D eigenvalue weighted by Crippen LogP contribution is -2.06. The van der Waals surface area contributed by atoms with Gasteiger partial charge in [0, 0.05) is 20.3 Å². The number of hydrogen-bond donors (Lipinski definition) is 1. The standard InChI is InChI=1S/C12H14Cl2N2O2/c1-18-7-12-15-10-5-8(13)9(14)6-11(10)16(12)3-2-4-17/h5-6,17H,2-4,7H2,1H3. The molecule has 0 spiro atoms. The Morgan fingerprint density at radius 2 is 2.06 bits per heavy atom. The first-order chi connectivity index (χ1) is 8.67. The van der Waals surface area contributed by atoms with E-state index in [-0.39, 0.29) is 6.61 Å². The number of fused-ring (bicyclic) bond motifs is 1. The van der Waals surface area contributed by atoms with Crippen molar-refractivity contribution in [3.63, 3.8) is 0 Å². The van der Waals surface area contributed by atoms with E-state index < -0.39 is 0 Å². The highest BCUT2D eigenvalue weighted by molar-refractivity contribution is 6.42. The monoisotopic (exact) mass is 288 g/mol. The number of aromatic nitrogens is 2. The van der Waals surface area contributed by atoms with E-state index in [1.807, 2.05) is 4.57 Å². The number of imidazole rings is 1. The van der Waals surface area contributed by atoms with E-state index >= 15 is 0 Å². The van der Waals surface area contributed by atoms with Gasteiger partial charge in [-0.15, -0.1) is 0 Å². The molecule has 0 bridgehead atoms. The Labute approximate surface area is 115 Å². The molecule has 0 amide bonds. The minimum atomic E-state index is 0.132. The van der Waals surface area contributed by atoms with Crippen LogP contribution in [0, 0.1) is 0 Å². The van der Waals surface area contributed by atoms with Gasteiger partial charge in [0.2, 0.25) is 0 Å². The third-order valence-electron chi connectivity index (χ3n) is 2.68. The molecule has 0 saturated heterocycles. The van der Waals surface area contributed by atoms with Crippen LogP contribution in [0.15, 0.2) is 12.1 Å². The SMILES string of the molecule is COCc1nc2cc(Cl)c(Cl)cc2n1CCCO. The molecule has 4 nitrogen and oxygen atoms in total. The molecule has 6 heteroatoms. The van der Waals surface area contributed by atoms with Crippen molar-refractivity contribution < 1.29 is 9.84 Å². The summed E-state index contributed by atoms with van der Waals surface area (Å²) in [5.74, 6) is 0.805. The molecule has 0 fully saturated rings. The molecule has 0 saturated carbocycles. The Morgan fingerprint density at radius 3 is 2.72 bits per heavy atom. The van der Waals surface area contributed by atoms with E-state index in [4.69, 9.17) is 33.0 Å². The summed E-state index contributed by atoms with van der Waals surface area (Å²) in [6, 6.07) is 3.54. The highest BCUT2D eigenvalue weighted by Crippen LogP contribution is 2.28. The molecule has 0 aliphatic rings. The van der Waals surface area contributed by atoms with Crippen LogP contribution < -0.4 is 0 Å². The summed E-state index contributed by atoms with van der Waals surface area (Å²) < 4.78 is 7.12. The maximum Gasteiger partial charge on any atom is 0.135 e. The maximum atomic E-state index is 8.94. The van der Waals surface area contributed by atoms with Gasteiger partial charge in [-0.2, -0.15) is 0 Å². The molecule has 0 aliphatic heterocycles. The summed E-state index contributed by atoms with van der Waals surface area (Å²) in [6.45, 7) is 1.21. The van der Waals surface area contributed by atoms with Gasteiger partial charge in [0.1, 0.15) is 12.4 Å². The molecule has 0 atom stereocenters. The number of rotatable bonds is 5. The first-order valence-electron chi connectivity index (χ1n) is 5.61. The van der Waals surface area contributed by atoms with Gasteiger partial charge in [0.25, 0.3) is 0 Å². The Bertz CT molecular complexity index is 554. The van der Waals surface area contributed by atoms with Crippen molar-refractivity contribution in [1.29, 1.82) is 0 Å². The quantitative estimate of drug-likeness (QED) is 0.920. The van der Waals surface area contributed by atoms with Crippen molar-refractivity contribution in [2.45, 2.75) is 19.6 Å². The summed E-state index contributed by atoms with van der Waals surface area (Å²) >= 11 is 12.0. The zero-order valence-corrected chi connectivity index (χ0v) is 11.5. The third kappa shape index (κ3) is 2.62. The number of aliphatic hydroxyl groups is 1. The van der Waals surface area contributed by atoms with Crippen LogP contribution in [0.1, 0.15) is 12.2 Å². The van der Waals surface area contributed by atoms with Gasteiger partial charge in [-0.05, 0) is 18.6 Å². The molecular formula is C12H14Cl2N2O2. The number of benzene rings is 1. The van der Waals surface area contributed by atoms with Crippen LogP contribution in [-0.2, 0) is 17.9 Å². The lowest BCUT2D eigenvalue weighted by Gasteiger charge is -2.07. The van der Waals surface area contributed by atoms with E-state index in [1.54, 1.807) is 19.2 Å². The minimum Gasteiger partial charge on any atom is -0.396 e. The fourth-order valence-electron chi connectivity index (χ4n) is 1.89. The number of ether oxygens (including phenoxy) is 1. The lowest BCUT2D eigenvalue weighted by atomic mass is 10.3. The molecule has 0 radical (unpaired) electrons. The first kappa shape index (κ1) is 13.6. The Balaban J connectivity index is 2.53. The zero-order valence-electron chi connectivity index (χ0n) is 9.99. The van der Waals surface area contributed by atoms with Crippen LogP contribution >= 0.6 is 23.2 Å². The largest absolute Gasteiger partial charge is 0.396 e. The average Bonchev–Trinajstić information content (AvgIpc) is 2.65. The van der Waals surface area contributed by atoms with Crippen LogP contribution in [0.5, 0.6) is 0 Å². The van der Waals surface area contributed by atoms with Crippen LogP contribution in [0.25, 0.3) is 11.0 Å². The zero-order chi connectivity index (χ0) is 13.1. The summed E-state index contributed by atoms with van der Waals surface area (Å²) in [6.07, 6.45) is 0.655. The molecule has 18 heavy (non-hydrogen) atoms. The van der Waals surface area contributed by atoms with Crippen molar-refractivity contribution in [2.75, 3.05) is 13.7 Å². The second-order valence-electron chi connectivity index (χ2n) is 3.94. The highest BCUT2D eigenvalue weighted by Gasteiger charge is 2.12. The third-order valence-corrected chi connectivity index (χ3v) is 3.40. The van der Waals surface area contributed by atoms with Gasteiger partial charge in [0.05, 0.1) is 21.1 Å². The number of hydrogen-bond acceptors (Lipinski definition) is 3. The number of methoxy groups -OCH3 is 1. The second-order valence-corrected chi connectivity index (χ2v) is 4.76. The highest BCUT2D eigenvalue weighted by atomic mass is 35.5. The topological polar surface area (TPSA) is 47.3 Å². The molecule has 0 unspecified atom stereocenters. The van der Waals surface area contributed by atoms with Crippen LogP contribution in [0.2, 0.25) is 10.0 Å². The van der Waals surface area contributed by atoms with Crippen molar-refractivity contribution in [3.05, 3.63) is 28.0 Å². The van der Waals surface area contributed by atoms with Gasteiger partial charge in [-0.1, -0.05) is 23.2 Å². The summed E-state index contributed by atoms with van der Waals surface area (Å²) in [5.41, 5.74) is 1.69. The fourth-order valence-corrected chi connectivity index (χ4v) is 2.20. The molecule has 2 rings (SSSR count). The van der Waals surface area contributed by atoms with Gasteiger partial charge in [-0.25, -0.2) is 4.98 Å². The van der Waals surface area contributed by atoms with Gasteiger partial charge < -0.3 is 14.4 Å². The summed E-state index contributed by atoms with van der Waals surface area (Å²) in [4.78, 5) is 4.47. The molecule has 1 aromatic carbocycles. The molecule has 0 aliphatic carbocycles. The number of aryl methyl sites for hydroxylation is 1. The fraction of sp³-hybridized carbons (Fsp3) is 0.417. The van der Waals surface area contributed by atoms with Crippen LogP contribution in [0.3, 0.4) is 0 Å². The first-order valence-corrected chi connectivity index (χ1v) is 6.37. The molecular weight excluding hydrogens is 275 g/mol. The van der Waals surface area contributed by atoms with Crippen molar-refractivity contribution in [2.24, 2.45) is 0 Å².